The maximum atomic E-state index is 14.1. The molecule has 0 spiro atoms. The molecule has 4 nitrogen and oxygen atoms in total. The van der Waals surface area contributed by atoms with Crippen molar-refractivity contribution in [1.82, 2.24) is 4.98 Å². The van der Waals surface area contributed by atoms with Crippen LogP contribution in [0.4, 0.5) is 4.39 Å². The molecule has 1 aromatic heterocycles. The number of aldehydes is 1. The van der Waals surface area contributed by atoms with E-state index in [-0.39, 0.29) is 23.6 Å². The number of aromatic nitrogens is 1. The number of ether oxygens (including phenoxy) is 2. The second-order valence-electron chi connectivity index (χ2n) is 3.64. The lowest BCUT2D eigenvalue weighted by molar-refractivity contribution is 0.111. The summed E-state index contributed by atoms with van der Waals surface area (Å²) in [6.45, 7) is 0.631. The number of benzene rings is 1. The predicted molar refractivity (Wildman–Crippen MR) is 64.5 cm³/mol. The van der Waals surface area contributed by atoms with E-state index in [2.05, 4.69) is 4.98 Å². The van der Waals surface area contributed by atoms with E-state index in [9.17, 15) is 9.18 Å². The summed E-state index contributed by atoms with van der Waals surface area (Å²) >= 11 is 0. The summed E-state index contributed by atoms with van der Waals surface area (Å²) in [7, 11) is 1.54. The van der Waals surface area contributed by atoms with Crippen molar-refractivity contribution in [1.29, 1.82) is 0 Å². The average Bonchev–Trinajstić information content (AvgIpc) is 2.41. The van der Waals surface area contributed by atoms with E-state index < -0.39 is 5.82 Å². The molecule has 0 fully saturated rings. The quantitative estimate of drug-likeness (QED) is 0.602. The van der Waals surface area contributed by atoms with E-state index in [1.54, 1.807) is 18.2 Å². The number of methoxy groups -OCH3 is 1. The molecule has 0 unspecified atom stereocenters. The summed E-state index contributed by atoms with van der Waals surface area (Å²) in [4.78, 5) is 14.6. The Morgan fingerprint density at radius 2 is 2.06 bits per heavy atom. The van der Waals surface area contributed by atoms with E-state index in [0.717, 1.165) is 0 Å². The molecular weight excluding hydrogens is 237 g/mol. The van der Waals surface area contributed by atoms with Crippen LogP contribution in [0.3, 0.4) is 0 Å². The molecule has 0 saturated heterocycles. The molecule has 1 aromatic carbocycles. The maximum absolute atomic E-state index is 14.1. The molecule has 0 saturated carbocycles. The Labute approximate surface area is 103 Å². The van der Waals surface area contributed by atoms with Crippen LogP contribution in [0.5, 0.6) is 5.75 Å². The van der Waals surface area contributed by atoms with Gasteiger partial charge in [0.1, 0.15) is 17.8 Å². The van der Waals surface area contributed by atoms with E-state index in [4.69, 9.17) is 9.47 Å². The average molecular weight is 249 g/mol. The topological polar surface area (TPSA) is 48.4 Å². The zero-order valence-corrected chi connectivity index (χ0v) is 9.85. The lowest BCUT2D eigenvalue weighted by atomic mass is 10.2. The minimum absolute atomic E-state index is 0.107. The van der Waals surface area contributed by atoms with Gasteiger partial charge in [-0.25, -0.2) is 9.37 Å². The fourth-order valence-electron chi connectivity index (χ4n) is 1.56. The van der Waals surface area contributed by atoms with Gasteiger partial charge in [-0.2, -0.15) is 0 Å². The van der Waals surface area contributed by atoms with E-state index >= 15 is 0 Å². The fourth-order valence-corrected chi connectivity index (χ4v) is 1.56. The molecule has 2 rings (SSSR count). The van der Waals surface area contributed by atoms with Crippen LogP contribution in [0, 0.1) is 5.82 Å². The molecule has 0 radical (unpaired) electrons. The van der Waals surface area contributed by atoms with Crippen molar-refractivity contribution in [3.8, 4) is 5.75 Å². The molecule has 1 heterocycles. The number of halogens is 1. The third-order valence-electron chi connectivity index (χ3n) is 2.45. The highest BCUT2D eigenvalue weighted by Gasteiger charge is 2.10. The second kappa shape index (κ2) is 5.55. The van der Waals surface area contributed by atoms with Crippen LogP contribution in [0.2, 0.25) is 0 Å². The smallest absolute Gasteiger partial charge is 0.191 e. The van der Waals surface area contributed by atoms with E-state index in [1.165, 1.54) is 13.2 Å². The van der Waals surface area contributed by atoms with Gasteiger partial charge in [-0.05, 0) is 18.2 Å². The van der Waals surface area contributed by atoms with Gasteiger partial charge in [-0.3, -0.25) is 4.79 Å². The molecular formula is C13H12FNO3. The summed E-state index contributed by atoms with van der Waals surface area (Å²) in [6.07, 6.45) is 0.581. The molecule has 2 aromatic rings. The van der Waals surface area contributed by atoms with Crippen LogP contribution < -0.4 is 4.74 Å². The van der Waals surface area contributed by atoms with Crippen molar-refractivity contribution in [3.63, 3.8) is 0 Å². The van der Waals surface area contributed by atoms with Gasteiger partial charge in [-0.15, -0.1) is 0 Å². The van der Waals surface area contributed by atoms with Crippen molar-refractivity contribution in [3.05, 3.63) is 35.8 Å². The third kappa shape index (κ3) is 2.46. The first-order chi connectivity index (χ1) is 8.76. The standard InChI is InChI=1S/C13H12FNO3/c1-17-6-7-18-11-5-3-9-2-4-10(8-16)15-13(9)12(11)14/h2-5,8H,6-7H2,1H3. The largest absolute Gasteiger partial charge is 0.488 e. The Bertz CT molecular complexity index is 571. The summed E-state index contributed by atoms with van der Waals surface area (Å²) in [5.74, 6) is -0.456. The van der Waals surface area contributed by atoms with Crippen molar-refractivity contribution in [2.24, 2.45) is 0 Å². The highest BCUT2D eigenvalue weighted by atomic mass is 19.1. The van der Waals surface area contributed by atoms with Crippen LogP contribution in [0.25, 0.3) is 10.9 Å². The van der Waals surface area contributed by atoms with Crippen LogP contribution in [-0.2, 0) is 4.74 Å². The normalized spacial score (nSPS) is 10.6. The van der Waals surface area contributed by atoms with Crippen molar-refractivity contribution in [2.75, 3.05) is 20.3 Å². The molecule has 18 heavy (non-hydrogen) atoms. The summed E-state index contributed by atoms with van der Waals surface area (Å²) in [6, 6.07) is 6.42. The molecule has 5 heteroatoms. The number of carbonyl (C=O) groups excluding carboxylic acids is 1. The van der Waals surface area contributed by atoms with Gasteiger partial charge in [0.15, 0.2) is 17.9 Å². The van der Waals surface area contributed by atoms with Crippen LogP contribution in [-0.4, -0.2) is 31.6 Å². The Hall–Kier alpha value is -2.01. The number of hydrogen-bond donors (Lipinski definition) is 0. The molecule has 0 amide bonds. The van der Waals surface area contributed by atoms with Crippen molar-refractivity contribution >= 4 is 17.2 Å². The molecule has 94 valence electrons. The van der Waals surface area contributed by atoms with Gasteiger partial charge in [0.05, 0.1) is 6.61 Å². The highest BCUT2D eigenvalue weighted by molar-refractivity contribution is 5.84. The Morgan fingerprint density at radius 3 is 2.78 bits per heavy atom. The highest BCUT2D eigenvalue weighted by Crippen LogP contribution is 2.25. The molecule has 0 atom stereocenters. The van der Waals surface area contributed by atoms with Gasteiger partial charge in [0.25, 0.3) is 0 Å². The molecule has 0 bridgehead atoms. The minimum atomic E-state index is -0.563. The Morgan fingerprint density at radius 1 is 1.28 bits per heavy atom. The monoisotopic (exact) mass is 249 g/mol. The molecule has 0 N–H and O–H groups in total. The first-order valence-electron chi connectivity index (χ1n) is 5.42. The van der Waals surface area contributed by atoms with E-state index in [0.29, 0.717) is 18.3 Å². The number of hydrogen-bond acceptors (Lipinski definition) is 4. The zero-order valence-electron chi connectivity index (χ0n) is 9.85. The lowest BCUT2D eigenvalue weighted by Crippen LogP contribution is -2.05. The van der Waals surface area contributed by atoms with Crippen LogP contribution in [0.15, 0.2) is 24.3 Å². The fraction of sp³-hybridized carbons (Fsp3) is 0.231. The summed E-state index contributed by atoms with van der Waals surface area (Å²) in [5, 5.41) is 0.622. The Balaban J connectivity index is 2.38. The van der Waals surface area contributed by atoms with Crippen molar-refractivity contribution in [2.45, 2.75) is 0 Å². The number of rotatable bonds is 5. The SMILES string of the molecule is COCCOc1ccc2ccc(C=O)nc2c1F. The van der Waals surface area contributed by atoms with Gasteiger partial charge in [0.2, 0.25) is 0 Å². The van der Waals surface area contributed by atoms with E-state index in [1.807, 2.05) is 0 Å². The van der Waals surface area contributed by atoms with Crippen LogP contribution >= 0.6 is 0 Å². The number of pyridine rings is 1. The van der Waals surface area contributed by atoms with Gasteiger partial charge < -0.3 is 9.47 Å². The molecule has 0 aliphatic rings. The summed E-state index contributed by atoms with van der Waals surface area (Å²) in [5.41, 5.74) is 0.324. The molecule has 0 aliphatic heterocycles. The molecule has 0 aliphatic carbocycles. The second-order valence-corrected chi connectivity index (χ2v) is 3.64. The lowest BCUT2D eigenvalue weighted by Gasteiger charge is -2.08. The van der Waals surface area contributed by atoms with Crippen molar-refractivity contribution < 1.29 is 18.7 Å². The minimum Gasteiger partial charge on any atom is -0.488 e. The zero-order chi connectivity index (χ0) is 13.0. The van der Waals surface area contributed by atoms with Gasteiger partial charge in [-0.1, -0.05) is 6.07 Å². The Kier molecular flexibility index (Phi) is 3.84. The maximum Gasteiger partial charge on any atom is 0.191 e. The number of fused-ring (bicyclic) bond motifs is 1. The summed E-state index contributed by atoms with van der Waals surface area (Å²) < 4.78 is 24.1. The van der Waals surface area contributed by atoms with Crippen LogP contribution in [0.1, 0.15) is 10.5 Å². The third-order valence-corrected chi connectivity index (χ3v) is 2.45. The first-order valence-corrected chi connectivity index (χ1v) is 5.42. The predicted octanol–water partition coefficient (Wildman–Crippen LogP) is 2.21. The van der Waals surface area contributed by atoms with Gasteiger partial charge >= 0.3 is 0 Å². The number of carbonyl (C=O) groups is 1. The number of nitrogens with zero attached hydrogens (tertiary/aromatic N) is 1. The first kappa shape index (κ1) is 12.4. The van der Waals surface area contributed by atoms with Gasteiger partial charge in [0, 0.05) is 12.5 Å².